The lowest BCUT2D eigenvalue weighted by atomic mass is 10.0. The summed E-state index contributed by atoms with van der Waals surface area (Å²) in [6.45, 7) is 5.13. The van der Waals surface area contributed by atoms with Crippen LogP contribution in [0.1, 0.15) is 70.5 Å². The quantitative estimate of drug-likeness (QED) is 0.616. The molecule has 0 saturated carbocycles. The molecule has 1 aromatic heterocycles. The minimum atomic E-state index is -0.0238. The summed E-state index contributed by atoms with van der Waals surface area (Å²) in [5.74, 6) is 0. The Morgan fingerprint density at radius 3 is 2.55 bits per heavy atom. The minimum absolute atomic E-state index is 0.0238. The van der Waals surface area contributed by atoms with Crippen LogP contribution >= 0.6 is 0 Å². The third kappa shape index (κ3) is 6.49. The number of pyridine rings is 1. The monoisotopic (exact) mass is 278 g/mol. The lowest BCUT2D eigenvalue weighted by molar-refractivity contribution is 0.0309. The van der Waals surface area contributed by atoms with Gasteiger partial charge in [0.05, 0.1) is 6.10 Å². The van der Waals surface area contributed by atoms with E-state index in [0.717, 1.165) is 25.0 Å². The van der Waals surface area contributed by atoms with E-state index < -0.39 is 0 Å². The first kappa shape index (κ1) is 17.1. The van der Waals surface area contributed by atoms with E-state index in [9.17, 15) is 0 Å². The Bertz CT molecular complexity index is 329. The summed E-state index contributed by atoms with van der Waals surface area (Å²) in [7, 11) is 0. The second-order valence-corrected chi connectivity index (χ2v) is 5.42. The van der Waals surface area contributed by atoms with E-state index in [-0.39, 0.29) is 12.1 Å². The Morgan fingerprint density at radius 1 is 1.15 bits per heavy atom. The van der Waals surface area contributed by atoms with E-state index in [0.29, 0.717) is 0 Å². The van der Waals surface area contributed by atoms with E-state index in [2.05, 4.69) is 24.9 Å². The van der Waals surface area contributed by atoms with Crippen LogP contribution in [0.25, 0.3) is 0 Å². The highest BCUT2D eigenvalue weighted by molar-refractivity contribution is 5.14. The van der Waals surface area contributed by atoms with Gasteiger partial charge in [0.25, 0.3) is 0 Å². The van der Waals surface area contributed by atoms with Crippen molar-refractivity contribution in [3.05, 3.63) is 30.1 Å². The SMILES string of the molecule is CCCCCCCCOC(c1cccnc1)C(N)CC. The lowest BCUT2D eigenvalue weighted by Crippen LogP contribution is -2.30. The molecule has 1 rings (SSSR count). The topological polar surface area (TPSA) is 48.1 Å². The third-order valence-corrected chi connectivity index (χ3v) is 3.67. The first-order valence-corrected chi connectivity index (χ1v) is 8.06. The first-order valence-electron chi connectivity index (χ1n) is 8.06. The Balaban J connectivity index is 2.32. The van der Waals surface area contributed by atoms with Gasteiger partial charge < -0.3 is 10.5 Å². The van der Waals surface area contributed by atoms with E-state index in [1.165, 1.54) is 32.1 Å². The Kier molecular flexibility index (Phi) is 9.25. The zero-order valence-corrected chi connectivity index (χ0v) is 13.1. The molecular weight excluding hydrogens is 248 g/mol. The molecule has 2 unspecified atom stereocenters. The zero-order chi connectivity index (χ0) is 14.6. The van der Waals surface area contributed by atoms with Crippen molar-refractivity contribution >= 4 is 0 Å². The average molecular weight is 278 g/mol. The maximum absolute atomic E-state index is 6.18. The van der Waals surface area contributed by atoms with Crippen LogP contribution in [-0.4, -0.2) is 17.6 Å². The summed E-state index contributed by atoms with van der Waals surface area (Å²) in [6.07, 6.45) is 12.2. The van der Waals surface area contributed by atoms with Gasteiger partial charge in [-0.2, -0.15) is 0 Å². The molecule has 20 heavy (non-hydrogen) atoms. The highest BCUT2D eigenvalue weighted by Gasteiger charge is 2.19. The molecule has 0 radical (unpaired) electrons. The summed E-state index contributed by atoms with van der Waals surface area (Å²) in [5.41, 5.74) is 7.27. The molecule has 0 aliphatic heterocycles. The molecule has 0 amide bonds. The second-order valence-electron chi connectivity index (χ2n) is 5.42. The van der Waals surface area contributed by atoms with Crippen LogP contribution in [0.3, 0.4) is 0 Å². The number of nitrogens with two attached hydrogens (primary N) is 1. The van der Waals surface area contributed by atoms with Crippen LogP contribution < -0.4 is 5.73 Å². The van der Waals surface area contributed by atoms with Crippen molar-refractivity contribution in [2.45, 2.75) is 70.9 Å². The molecule has 0 fully saturated rings. The Morgan fingerprint density at radius 2 is 1.90 bits per heavy atom. The number of unbranched alkanes of at least 4 members (excludes halogenated alkanes) is 5. The Hall–Kier alpha value is -0.930. The second kappa shape index (κ2) is 10.8. The van der Waals surface area contributed by atoms with E-state index in [1.54, 1.807) is 6.20 Å². The standard InChI is InChI=1S/C17H30N2O/c1-3-5-6-7-8-9-13-20-17(16(18)4-2)15-11-10-12-19-14-15/h10-12,14,16-17H,3-9,13,18H2,1-2H3. The van der Waals surface area contributed by atoms with Crippen molar-refractivity contribution in [3.8, 4) is 0 Å². The van der Waals surface area contributed by atoms with Crippen LogP contribution in [-0.2, 0) is 4.74 Å². The fourth-order valence-electron chi connectivity index (χ4n) is 2.32. The molecule has 114 valence electrons. The van der Waals surface area contributed by atoms with Gasteiger partial charge in [0, 0.05) is 30.6 Å². The van der Waals surface area contributed by atoms with Crippen molar-refractivity contribution in [1.82, 2.24) is 4.98 Å². The van der Waals surface area contributed by atoms with Crippen molar-refractivity contribution in [2.24, 2.45) is 5.73 Å². The van der Waals surface area contributed by atoms with Gasteiger partial charge >= 0.3 is 0 Å². The number of ether oxygens (including phenoxy) is 1. The predicted molar refractivity (Wildman–Crippen MR) is 84.6 cm³/mol. The van der Waals surface area contributed by atoms with Gasteiger partial charge in [-0.15, -0.1) is 0 Å². The van der Waals surface area contributed by atoms with Gasteiger partial charge in [-0.25, -0.2) is 0 Å². The molecule has 2 N–H and O–H groups in total. The molecule has 3 heteroatoms. The maximum atomic E-state index is 6.18. The van der Waals surface area contributed by atoms with Gasteiger partial charge in [0.2, 0.25) is 0 Å². The number of hydrogen-bond acceptors (Lipinski definition) is 3. The summed E-state index contributed by atoms with van der Waals surface area (Å²) >= 11 is 0. The van der Waals surface area contributed by atoms with Gasteiger partial charge in [0.1, 0.15) is 0 Å². The fraction of sp³-hybridized carbons (Fsp3) is 0.706. The summed E-state index contributed by atoms with van der Waals surface area (Å²) in [4.78, 5) is 4.16. The van der Waals surface area contributed by atoms with Gasteiger partial charge in [-0.1, -0.05) is 52.0 Å². The highest BCUT2D eigenvalue weighted by atomic mass is 16.5. The van der Waals surface area contributed by atoms with Crippen molar-refractivity contribution in [2.75, 3.05) is 6.61 Å². The van der Waals surface area contributed by atoms with Crippen LogP contribution in [0.2, 0.25) is 0 Å². The van der Waals surface area contributed by atoms with Gasteiger partial charge in [0.15, 0.2) is 0 Å². The lowest BCUT2D eigenvalue weighted by Gasteiger charge is -2.23. The van der Waals surface area contributed by atoms with Crippen LogP contribution in [0, 0.1) is 0 Å². The highest BCUT2D eigenvalue weighted by Crippen LogP contribution is 2.21. The number of rotatable bonds is 11. The van der Waals surface area contributed by atoms with Crippen LogP contribution in [0.5, 0.6) is 0 Å². The van der Waals surface area contributed by atoms with E-state index in [1.807, 2.05) is 12.3 Å². The zero-order valence-electron chi connectivity index (χ0n) is 13.1. The van der Waals surface area contributed by atoms with Crippen molar-refractivity contribution in [1.29, 1.82) is 0 Å². The largest absolute Gasteiger partial charge is 0.372 e. The number of nitrogens with zero attached hydrogens (tertiary/aromatic N) is 1. The molecule has 2 atom stereocenters. The van der Waals surface area contributed by atoms with Gasteiger partial charge in [-0.3, -0.25) is 4.98 Å². The van der Waals surface area contributed by atoms with Crippen molar-refractivity contribution in [3.63, 3.8) is 0 Å². The van der Waals surface area contributed by atoms with Crippen LogP contribution in [0.15, 0.2) is 24.5 Å². The number of hydrogen-bond donors (Lipinski definition) is 1. The fourth-order valence-corrected chi connectivity index (χ4v) is 2.32. The summed E-state index contributed by atoms with van der Waals surface area (Å²) < 4.78 is 6.02. The summed E-state index contributed by atoms with van der Waals surface area (Å²) in [5, 5.41) is 0. The first-order chi connectivity index (χ1) is 9.79. The molecule has 3 nitrogen and oxygen atoms in total. The normalized spacial score (nSPS) is 14.2. The summed E-state index contributed by atoms with van der Waals surface area (Å²) in [6, 6.07) is 4.03. The third-order valence-electron chi connectivity index (χ3n) is 3.67. The molecule has 0 aliphatic carbocycles. The molecule has 1 heterocycles. The molecule has 0 saturated heterocycles. The molecule has 1 aromatic rings. The molecular formula is C17H30N2O. The van der Waals surface area contributed by atoms with Crippen molar-refractivity contribution < 1.29 is 4.74 Å². The molecule has 0 bridgehead atoms. The van der Waals surface area contributed by atoms with E-state index in [4.69, 9.17) is 10.5 Å². The molecule has 0 aliphatic rings. The minimum Gasteiger partial charge on any atom is -0.372 e. The van der Waals surface area contributed by atoms with E-state index >= 15 is 0 Å². The predicted octanol–water partition coefficient (Wildman–Crippen LogP) is 4.24. The molecule has 0 spiro atoms. The maximum Gasteiger partial charge on any atom is 0.0990 e. The molecule has 0 aromatic carbocycles. The smallest absolute Gasteiger partial charge is 0.0990 e. The van der Waals surface area contributed by atoms with Crippen LogP contribution in [0.4, 0.5) is 0 Å². The van der Waals surface area contributed by atoms with Gasteiger partial charge in [-0.05, 0) is 18.9 Å². The Labute approximate surface area is 123 Å². The number of aromatic nitrogens is 1. The average Bonchev–Trinajstić information content (AvgIpc) is 2.50.